The van der Waals surface area contributed by atoms with Crippen LogP contribution in [0.15, 0.2) is 17.5 Å². The van der Waals surface area contributed by atoms with E-state index in [9.17, 15) is 0 Å². The second-order valence-corrected chi connectivity index (χ2v) is 4.88. The number of rotatable bonds is 2. The molecule has 3 heteroatoms. The fourth-order valence-corrected chi connectivity index (χ4v) is 2.39. The van der Waals surface area contributed by atoms with Crippen molar-refractivity contribution >= 4 is 11.3 Å². The Balaban J connectivity index is 2.55. The molecular formula is C13H15NOS. The van der Waals surface area contributed by atoms with Gasteiger partial charge in [-0.3, -0.25) is 0 Å². The largest absolute Gasteiger partial charge is 0.496 e. The fourth-order valence-electron chi connectivity index (χ4n) is 1.78. The van der Waals surface area contributed by atoms with Crippen LogP contribution in [0.3, 0.4) is 0 Å². The molecule has 0 saturated carbocycles. The van der Waals surface area contributed by atoms with Crippen molar-refractivity contribution in [2.75, 3.05) is 7.11 Å². The Hall–Kier alpha value is -1.35. The van der Waals surface area contributed by atoms with E-state index in [4.69, 9.17) is 4.74 Å². The maximum atomic E-state index is 5.30. The maximum Gasteiger partial charge on any atom is 0.122 e. The van der Waals surface area contributed by atoms with Gasteiger partial charge in [0.15, 0.2) is 0 Å². The molecule has 2 nitrogen and oxygen atoms in total. The van der Waals surface area contributed by atoms with Crippen LogP contribution in [-0.2, 0) is 0 Å². The number of hydrogen-bond acceptors (Lipinski definition) is 3. The van der Waals surface area contributed by atoms with Crippen LogP contribution < -0.4 is 4.74 Å². The number of thiazole rings is 1. The van der Waals surface area contributed by atoms with Crippen molar-refractivity contribution in [1.82, 2.24) is 4.98 Å². The minimum atomic E-state index is 0.938. The fraction of sp³-hybridized carbons (Fsp3) is 0.308. The van der Waals surface area contributed by atoms with Crippen molar-refractivity contribution < 1.29 is 4.74 Å². The van der Waals surface area contributed by atoms with Gasteiger partial charge in [-0.05, 0) is 44.0 Å². The van der Waals surface area contributed by atoms with Gasteiger partial charge in [-0.2, -0.15) is 0 Å². The molecule has 0 spiro atoms. The second kappa shape index (κ2) is 4.26. The SMILES string of the molecule is COc1ccc(-c2csc(C)n2)c(C)c1C. The van der Waals surface area contributed by atoms with Gasteiger partial charge < -0.3 is 4.74 Å². The van der Waals surface area contributed by atoms with Crippen LogP contribution in [0, 0.1) is 20.8 Å². The predicted octanol–water partition coefficient (Wildman–Crippen LogP) is 3.74. The lowest BCUT2D eigenvalue weighted by molar-refractivity contribution is 0.411. The number of ether oxygens (including phenoxy) is 1. The molecule has 0 aliphatic carbocycles. The van der Waals surface area contributed by atoms with Crippen molar-refractivity contribution in [2.45, 2.75) is 20.8 Å². The van der Waals surface area contributed by atoms with Gasteiger partial charge in [-0.1, -0.05) is 0 Å². The van der Waals surface area contributed by atoms with Crippen LogP contribution in [0.4, 0.5) is 0 Å². The Labute approximate surface area is 99.9 Å². The topological polar surface area (TPSA) is 22.1 Å². The predicted molar refractivity (Wildman–Crippen MR) is 68.3 cm³/mol. The Morgan fingerprint density at radius 1 is 1.12 bits per heavy atom. The van der Waals surface area contributed by atoms with E-state index in [0.29, 0.717) is 0 Å². The Kier molecular flexibility index (Phi) is 2.97. The van der Waals surface area contributed by atoms with Crippen LogP contribution in [-0.4, -0.2) is 12.1 Å². The average Bonchev–Trinajstić information content (AvgIpc) is 2.69. The van der Waals surface area contributed by atoms with Gasteiger partial charge in [0.05, 0.1) is 17.8 Å². The average molecular weight is 233 g/mol. The Bertz CT molecular complexity index is 517. The summed E-state index contributed by atoms with van der Waals surface area (Å²) in [6.45, 7) is 6.22. The number of aryl methyl sites for hydroxylation is 1. The van der Waals surface area contributed by atoms with Gasteiger partial charge in [-0.25, -0.2) is 4.98 Å². The molecule has 1 aromatic carbocycles. The third kappa shape index (κ3) is 1.83. The zero-order valence-corrected chi connectivity index (χ0v) is 10.8. The lowest BCUT2D eigenvalue weighted by Crippen LogP contribution is -1.93. The molecule has 1 aromatic heterocycles. The Morgan fingerprint density at radius 2 is 1.88 bits per heavy atom. The van der Waals surface area contributed by atoms with Gasteiger partial charge >= 0.3 is 0 Å². The van der Waals surface area contributed by atoms with Gasteiger partial charge in [0.25, 0.3) is 0 Å². The third-order valence-electron chi connectivity index (χ3n) is 2.85. The molecule has 2 aromatic rings. The van der Waals surface area contributed by atoms with Crippen LogP contribution in [0.1, 0.15) is 16.1 Å². The zero-order valence-electron chi connectivity index (χ0n) is 10.00. The van der Waals surface area contributed by atoms with Gasteiger partial charge in [-0.15, -0.1) is 11.3 Å². The quantitative estimate of drug-likeness (QED) is 0.788. The van der Waals surface area contributed by atoms with E-state index in [2.05, 4.69) is 30.3 Å². The van der Waals surface area contributed by atoms with E-state index in [1.807, 2.05) is 13.0 Å². The number of methoxy groups -OCH3 is 1. The summed E-state index contributed by atoms with van der Waals surface area (Å²) in [5, 5.41) is 3.20. The first-order valence-corrected chi connectivity index (χ1v) is 6.08. The number of aromatic nitrogens is 1. The molecule has 0 unspecified atom stereocenters. The minimum absolute atomic E-state index is 0.938. The summed E-state index contributed by atoms with van der Waals surface area (Å²) in [7, 11) is 1.70. The summed E-state index contributed by atoms with van der Waals surface area (Å²) in [5.41, 5.74) is 4.68. The summed E-state index contributed by atoms with van der Waals surface area (Å²) >= 11 is 1.68. The van der Waals surface area contributed by atoms with Crippen LogP contribution in [0.2, 0.25) is 0 Å². The highest BCUT2D eigenvalue weighted by atomic mass is 32.1. The van der Waals surface area contributed by atoms with E-state index < -0.39 is 0 Å². The molecule has 0 N–H and O–H groups in total. The van der Waals surface area contributed by atoms with Crippen LogP contribution >= 0.6 is 11.3 Å². The Morgan fingerprint density at radius 3 is 2.44 bits per heavy atom. The summed E-state index contributed by atoms with van der Waals surface area (Å²) in [6.07, 6.45) is 0. The first kappa shape index (κ1) is 11.1. The van der Waals surface area contributed by atoms with Crippen LogP contribution in [0.5, 0.6) is 5.75 Å². The molecule has 0 bridgehead atoms. The van der Waals surface area contributed by atoms with E-state index in [0.717, 1.165) is 16.5 Å². The molecule has 0 radical (unpaired) electrons. The molecule has 0 atom stereocenters. The molecule has 0 saturated heterocycles. The van der Waals surface area contributed by atoms with Crippen molar-refractivity contribution in [3.05, 3.63) is 33.6 Å². The van der Waals surface area contributed by atoms with Gasteiger partial charge in [0, 0.05) is 10.9 Å². The minimum Gasteiger partial charge on any atom is -0.496 e. The summed E-state index contributed by atoms with van der Waals surface area (Å²) < 4.78 is 5.30. The molecule has 0 amide bonds. The maximum absolute atomic E-state index is 5.30. The molecule has 0 aliphatic heterocycles. The standard InChI is InChI=1S/C13H15NOS/c1-8-9(2)13(15-4)6-5-11(8)12-7-16-10(3)14-12/h5-7H,1-4H3. The molecule has 1 heterocycles. The van der Waals surface area contributed by atoms with E-state index in [1.165, 1.54) is 16.7 Å². The van der Waals surface area contributed by atoms with Crippen molar-refractivity contribution in [2.24, 2.45) is 0 Å². The molecule has 84 valence electrons. The summed E-state index contributed by atoms with van der Waals surface area (Å²) in [5.74, 6) is 0.938. The summed E-state index contributed by atoms with van der Waals surface area (Å²) in [6, 6.07) is 4.09. The number of nitrogens with zero attached hydrogens (tertiary/aromatic N) is 1. The number of hydrogen-bond donors (Lipinski definition) is 0. The molecule has 0 fully saturated rings. The van der Waals surface area contributed by atoms with Crippen LogP contribution in [0.25, 0.3) is 11.3 Å². The highest BCUT2D eigenvalue weighted by Crippen LogP contribution is 2.31. The molecular weight excluding hydrogens is 218 g/mol. The first-order valence-electron chi connectivity index (χ1n) is 5.20. The van der Waals surface area contributed by atoms with E-state index in [1.54, 1.807) is 18.4 Å². The van der Waals surface area contributed by atoms with Gasteiger partial charge in [0.2, 0.25) is 0 Å². The van der Waals surface area contributed by atoms with Crippen molar-refractivity contribution in [3.8, 4) is 17.0 Å². The first-order chi connectivity index (χ1) is 7.63. The highest BCUT2D eigenvalue weighted by Gasteiger charge is 2.10. The lowest BCUT2D eigenvalue weighted by Gasteiger charge is -2.10. The smallest absolute Gasteiger partial charge is 0.122 e. The number of benzene rings is 1. The van der Waals surface area contributed by atoms with Crippen molar-refractivity contribution in [1.29, 1.82) is 0 Å². The highest BCUT2D eigenvalue weighted by molar-refractivity contribution is 7.09. The molecule has 0 aliphatic rings. The second-order valence-electron chi connectivity index (χ2n) is 3.82. The van der Waals surface area contributed by atoms with E-state index in [-0.39, 0.29) is 0 Å². The third-order valence-corrected chi connectivity index (χ3v) is 3.63. The van der Waals surface area contributed by atoms with Gasteiger partial charge in [0.1, 0.15) is 5.75 Å². The van der Waals surface area contributed by atoms with Crippen molar-refractivity contribution in [3.63, 3.8) is 0 Å². The monoisotopic (exact) mass is 233 g/mol. The molecule has 16 heavy (non-hydrogen) atoms. The normalized spacial score (nSPS) is 10.5. The molecule has 2 rings (SSSR count). The zero-order chi connectivity index (χ0) is 11.7. The lowest BCUT2D eigenvalue weighted by atomic mass is 10.0. The summed E-state index contributed by atoms with van der Waals surface area (Å²) in [4.78, 5) is 4.52. The van der Waals surface area contributed by atoms with E-state index >= 15 is 0 Å².